The Hall–Kier alpha value is -0.900. The van der Waals surface area contributed by atoms with E-state index in [1.165, 1.54) is 25.0 Å². The molecule has 2 aliphatic rings. The van der Waals surface area contributed by atoms with Crippen LogP contribution >= 0.6 is 11.8 Å². The minimum atomic E-state index is -0.342. The number of hydrogen-bond donors (Lipinski definition) is 0. The van der Waals surface area contributed by atoms with Gasteiger partial charge in [-0.1, -0.05) is 0 Å². The van der Waals surface area contributed by atoms with E-state index in [1.54, 1.807) is 6.92 Å². The number of aryl methyl sites for hydroxylation is 1. The van der Waals surface area contributed by atoms with Crippen LogP contribution in [0.3, 0.4) is 0 Å². The van der Waals surface area contributed by atoms with Crippen molar-refractivity contribution in [2.75, 3.05) is 0 Å². The Balaban J connectivity index is 1.79. The topological polar surface area (TPSA) is 30.0 Å². The molecule has 2 unspecified atom stereocenters. The second-order valence-electron chi connectivity index (χ2n) is 5.25. The van der Waals surface area contributed by atoms with Gasteiger partial charge in [-0.3, -0.25) is 4.79 Å². The molecule has 0 saturated carbocycles. The van der Waals surface area contributed by atoms with Crippen LogP contribution in [0.1, 0.15) is 41.9 Å². The first kappa shape index (κ1) is 12.2. The van der Waals surface area contributed by atoms with Gasteiger partial charge in [-0.15, -0.1) is 0 Å². The molecule has 2 aliphatic heterocycles. The minimum absolute atomic E-state index is 0.0983. The molecule has 0 N–H and O–H groups in total. The molecular weight excluding hydrogens is 249 g/mol. The van der Waals surface area contributed by atoms with Gasteiger partial charge in [-0.2, -0.15) is 11.8 Å². The maximum Gasteiger partial charge on any atom is 0.184 e. The second kappa shape index (κ2) is 4.65. The predicted octanol–water partition coefficient (Wildman–Crippen LogP) is 3.39. The number of ketones is 1. The van der Waals surface area contributed by atoms with E-state index >= 15 is 0 Å². The number of nitrogens with zero attached hydrogens (tertiary/aromatic N) is 1. The molecule has 0 radical (unpaired) electrons. The number of thioether (sulfide) groups is 1. The van der Waals surface area contributed by atoms with E-state index in [2.05, 4.69) is 4.98 Å². The molecule has 0 spiro atoms. The lowest BCUT2D eigenvalue weighted by atomic mass is 9.92. The molecule has 1 aromatic rings. The molecule has 3 heterocycles. The largest absolute Gasteiger partial charge is 0.292 e. The van der Waals surface area contributed by atoms with E-state index in [9.17, 15) is 9.18 Å². The zero-order chi connectivity index (χ0) is 12.7. The molecule has 1 aromatic heterocycles. The number of rotatable bonds is 2. The lowest BCUT2D eigenvalue weighted by molar-refractivity contribution is 0.0901. The predicted molar refractivity (Wildman–Crippen MR) is 70.4 cm³/mol. The average Bonchev–Trinajstić information content (AvgIpc) is 2.71. The van der Waals surface area contributed by atoms with Crippen molar-refractivity contribution in [2.45, 2.75) is 43.1 Å². The van der Waals surface area contributed by atoms with Gasteiger partial charge in [0.25, 0.3) is 0 Å². The lowest BCUT2D eigenvalue weighted by Crippen LogP contribution is -2.25. The summed E-state index contributed by atoms with van der Waals surface area (Å²) >= 11 is 2.04. The highest BCUT2D eigenvalue weighted by Crippen LogP contribution is 2.46. The number of pyridine rings is 1. The summed E-state index contributed by atoms with van der Waals surface area (Å²) in [6, 6.07) is 2.87. The van der Waals surface area contributed by atoms with Crippen LogP contribution in [0.15, 0.2) is 12.1 Å². The van der Waals surface area contributed by atoms with Crippen LogP contribution in [-0.4, -0.2) is 21.3 Å². The number of carbonyl (C=O) groups excluding carboxylic acids is 1. The molecule has 2 nitrogen and oxygen atoms in total. The summed E-state index contributed by atoms with van der Waals surface area (Å²) in [7, 11) is 0. The standard InChI is InChI=1S/C14H16FNOS/c1-8-12(15)4-5-13(16-8)14(17)9-6-10-2-3-11(7-9)18-10/h4-5,9-11H,2-3,6-7H2,1H3. The molecule has 18 heavy (non-hydrogen) atoms. The van der Waals surface area contributed by atoms with Crippen LogP contribution in [0, 0.1) is 18.7 Å². The van der Waals surface area contributed by atoms with Crippen molar-refractivity contribution in [1.82, 2.24) is 4.98 Å². The zero-order valence-electron chi connectivity index (χ0n) is 10.4. The van der Waals surface area contributed by atoms with Gasteiger partial charge in [-0.05, 0) is 44.7 Å². The van der Waals surface area contributed by atoms with E-state index in [1.807, 2.05) is 11.8 Å². The Labute approximate surface area is 110 Å². The Morgan fingerprint density at radius 3 is 2.61 bits per heavy atom. The molecule has 3 rings (SSSR count). The van der Waals surface area contributed by atoms with Crippen LogP contribution in [0.25, 0.3) is 0 Å². The Morgan fingerprint density at radius 1 is 1.33 bits per heavy atom. The summed E-state index contributed by atoms with van der Waals surface area (Å²) in [6.45, 7) is 1.60. The monoisotopic (exact) mass is 265 g/mol. The van der Waals surface area contributed by atoms with Crippen molar-refractivity contribution in [3.8, 4) is 0 Å². The van der Waals surface area contributed by atoms with Gasteiger partial charge in [-0.25, -0.2) is 9.37 Å². The Morgan fingerprint density at radius 2 is 2.00 bits per heavy atom. The molecule has 0 aromatic carbocycles. The fourth-order valence-electron chi connectivity index (χ4n) is 2.96. The number of aromatic nitrogens is 1. The molecule has 96 valence electrons. The van der Waals surface area contributed by atoms with Crippen molar-refractivity contribution in [3.05, 3.63) is 29.3 Å². The van der Waals surface area contributed by atoms with Crippen LogP contribution in [0.4, 0.5) is 4.39 Å². The smallest absolute Gasteiger partial charge is 0.184 e. The molecule has 2 atom stereocenters. The van der Waals surface area contributed by atoms with Crippen molar-refractivity contribution < 1.29 is 9.18 Å². The summed E-state index contributed by atoms with van der Waals surface area (Å²) < 4.78 is 13.2. The SMILES string of the molecule is Cc1nc(C(=O)C2CC3CCC(C2)S3)ccc1F. The first-order chi connectivity index (χ1) is 8.63. The fourth-order valence-corrected chi connectivity index (χ4v) is 4.74. The third-order valence-corrected chi connectivity index (χ3v) is 5.56. The Kier molecular flexibility index (Phi) is 3.14. The molecule has 4 heteroatoms. The van der Waals surface area contributed by atoms with E-state index in [0.717, 1.165) is 12.8 Å². The zero-order valence-corrected chi connectivity index (χ0v) is 11.2. The number of Topliss-reactive ketones (excluding diaryl/α,β-unsaturated/α-hetero) is 1. The van der Waals surface area contributed by atoms with Crippen LogP contribution in [-0.2, 0) is 0 Å². The molecular formula is C14H16FNOS. The number of halogens is 1. The molecule has 0 aliphatic carbocycles. The van der Waals surface area contributed by atoms with E-state index < -0.39 is 0 Å². The minimum Gasteiger partial charge on any atom is -0.292 e. The summed E-state index contributed by atoms with van der Waals surface area (Å²) in [5, 5.41) is 1.30. The van der Waals surface area contributed by atoms with E-state index in [-0.39, 0.29) is 17.5 Å². The van der Waals surface area contributed by atoms with Gasteiger partial charge < -0.3 is 0 Å². The first-order valence-corrected chi connectivity index (χ1v) is 7.40. The fraction of sp³-hybridized carbons (Fsp3) is 0.571. The van der Waals surface area contributed by atoms with Crippen molar-refractivity contribution in [2.24, 2.45) is 5.92 Å². The third-order valence-electron chi connectivity index (χ3n) is 3.93. The quantitative estimate of drug-likeness (QED) is 0.768. The normalized spacial score (nSPS) is 30.4. The van der Waals surface area contributed by atoms with Crippen LogP contribution in [0.2, 0.25) is 0 Å². The highest BCUT2D eigenvalue weighted by molar-refractivity contribution is 8.00. The highest BCUT2D eigenvalue weighted by atomic mass is 32.2. The average molecular weight is 265 g/mol. The summed E-state index contributed by atoms with van der Waals surface area (Å²) in [6.07, 6.45) is 4.43. The van der Waals surface area contributed by atoms with Gasteiger partial charge in [0.2, 0.25) is 0 Å². The molecule has 2 saturated heterocycles. The number of carbonyl (C=O) groups is 1. The first-order valence-electron chi connectivity index (χ1n) is 6.46. The van der Waals surface area contributed by atoms with Gasteiger partial charge in [0.15, 0.2) is 5.78 Å². The van der Waals surface area contributed by atoms with Crippen molar-refractivity contribution in [3.63, 3.8) is 0 Å². The Bertz CT molecular complexity index is 479. The van der Waals surface area contributed by atoms with Crippen molar-refractivity contribution >= 4 is 17.5 Å². The van der Waals surface area contributed by atoms with Crippen LogP contribution in [0.5, 0.6) is 0 Å². The van der Waals surface area contributed by atoms with Crippen molar-refractivity contribution in [1.29, 1.82) is 0 Å². The van der Waals surface area contributed by atoms with Gasteiger partial charge in [0.1, 0.15) is 11.5 Å². The van der Waals surface area contributed by atoms with Gasteiger partial charge >= 0.3 is 0 Å². The highest BCUT2D eigenvalue weighted by Gasteiger charge is 2.38. The summed E-state index contributed by atoms with van der Waals surface area (Å²) in [5.74, 6) is -0.137. The van der Waals surface area contributed by atoms with Gasteiger partial charge in [0, 0.05) is 16.4 Å². The number of hydrogen-bond acceptors (Lipinski definition) is 3. The third kappa shape index (κ3) is 2.18. The summed E-state index contributed by atoms with van der Waals surface area (Å²) in [5.41, 5.74) is 0.749. The maximum absolute atomic E-state index is 13.2. The summed E-state index contributed by atoms with van der Waals surface area (Å²) in [4.78, 5) is 16.5. The molecule has 2 bridgehead atoms. The maximum atomic E-state index is 13.2. The van der Waals surface area contributed by atoms with E-state index in [0.29, 0.717) is 21.9 Å². The lowest BCUT2D eigenvalue weighted by Gasteiger charge is -2.26. The van der Waals surface area contributed by atoms with E-state index in [4.69, 9.17) is 0 Å². The van der Waals surface area contributed by atoms with Crippen LogP contribution < -0.4 is 0 Å². The van der Waals surface area contributed by atoms with Gasteiger partial charge in [0.05, 0.1) is 5.69 Å². The molecule has 2 fully saturated rings. The number of fused-ring (bicyclic) bond motifs is 2. The second-order valence-corrected chi connectivity index (χ2v) is 6.86. The molecule has 0 amide bonds.